The Balaban J connectivity index is 1.87. The molecule has 3 heteroatoms. The number of carbonyl (C=O) groups is 1. The molecule has 0 atom stereocenters. The van der Waals surface area contributed by atoms with E-state index in [0.29, 0.717) is 6.42 Å². The molecule has 1 rings (SSSR count). The van der Waals surface area contributed by atoms with Crippen LogP contribution >= 0.6 is 0 Å². The van der Waals surface area contributed by atoms with Gasteiger partial charge in [0.1, 0.15) is 5.76 Å². The zero-order valence-corrected chi connectivity index (χ0v) is 9.91. The van der Waals surface area contributed by atoms with E-state index in [1.807, 2.05) is 12.1 Å². The quantitative estimate of drug-likeness (QED) is 0.502. The Bertz CT molecular complexity index is 277. The maximum Gasteiger partial charge on any atom is 0.305 e. The van der Waals surface area contributed by atoms with Gasteiger partial charge in [0.2, 0.25) is 0 Å². The molecule has 0 unspecified atom stereocenters. The lowest BCUT2D eigenvalue weighted by atomic mass is 10.1. The summed E-state index contributed by atoms with van der Waals surface area (Å²) in [5.74, 6) is 0.963. The zero-order valence-electron chi connectivity index (χ0n) is 9.91. The molecule has 0 saturated carbocycles. The average Bonchev–Trinajstić information content (AvgIpc) is 2.80. The van der Waals surface area contributed by atoms with Gasteiger partial charge < -0.3 is 9.15 Å². The number of hydrogen-bond donors (Lipinski definition) is 0. The van der Waals surface area contributed by atoms with Crippen LogP contribution in [0.4, 0.5) is 0 Å². The van der Waals surface area contributed by atoms with Crippen LogP contribution in [0.25, 0.3) is 0 Å². The molecule has 0 bridgehead atoms. The molecule has 0 spiro atoms. The van der Waals surface area contributed by atoms with Gasteiger partial charge in [-0.25, -0.2) is 0 Å². The van der Waals surface area contributed by atoms with Gasteiger partial charge in [-0.15, -0.1) is 0 Å². The second-order valence-corrected chi connectivity index (χ2v) is 3.92. The van der Waals surface area contributed by atoms with Crippen LogP contribution in [0.5, 0.6) is 0 Å². The number of aryl methyl sites for hydroxylation is 1. The highest BCUT2D eigenvalue weighted by Gasteiger charge is 1.99. The summed E-state index contributed by atoms with van der Waals surface area (Å²) in [6, 6.07) is 3.93. The lowest BCUT2D eigenvalue weighted by molar-refractivity contribution is -0.140. The number of hydrogen-bond acceptors (Lipinski definition) is 3. The Kier molecular flexibility index (Phi) is 6.38. The molecule has 1 heterocycles. The minimum absolute atomic E-state index is 0.101. The molecule has 0 aliphatic rings. The first-order valence-electron chi connectivity index (χ1n) is 5.92. The number of furan rings is 1. The number of esters is 1. The fraction of sp³-hybridized carbons (Fsp3) is 0.615. The molecule has 0 saturated heterocycles. The van der Waals surface area contributed by atoms with E-state index in [9.17, 15) is 4.79 Å². The predicted octanol–water partition coefficient (Wildman–Crippen LogP) is 3.34. The third kappa shape index (κ3) is 5.59. The zero-order chi connectivity index (χ0) is 11.6. The van der Waals surface area contributed by atoms with Crippen molar-refractivity contribution in [2.75, 3.05) is 7.11 Å². The van der Waals surface area contributed by atoms with Crippen molar-refractivity contribution in [3.8, 4) is 0 Å². The van der Waals surface area contributed by atoms with Gasteiger partial charge in [-0.3, -0.25) is 4.79 Å². The van der Waals surface area contributed by atoms with E-state index in [2.05, 4.69) is 4.74 Å². The second kappa shape index (κ2) is 7.97. The fourth-order valence-corrected chi connectivity index (χ4v) is 1.66. The first-order valence-corrected chi connectivity index (χ1v) is 5.92. The van der Waals surface area contributed by atoms with Crippen molar-refractivity contribution in [1.82, 2.24) is 0 Å². The van der Waals surface area contributed by atoms with E-state index >= 15 is 0 Å². The monoisotopic (exact) mass is 224 g/mol. The molecular formula is C13H20O3. The van der Waals surface area contributed by atoms with Crippen LogP contribution in [0.3, 0.4) is 0 Å². The van der Waals surface area contributed by atoms with Crippen molar-refractivity contribution in [2.24, 2.45) is 0 Å². The molecule has 3 nitrogen and oxygen atoms in total. The van der Waals surface area contributed by atoms with E-state index in [4.69, 9.17) is 4.42 Å². The maximum atomic E-state index is 10.8. The van der Waals surface area contributed by atoms with Gasteiger partial charge in [0.25, 0.3) is 0 Å². The van der Waals surface area contributed by atoms with Crippen molar-refractivity contribution in [3.05, 3.63) is 24.2 Å². The molecule has 16 heavy (non-hydrogen) atoms. The number of rotatable bonds is 8. The van der Waals surface area contributed by atoms with Gasteiger partial charge in [-0.05, 0) is 25.0 Å². The first-order chi connectivity index (χ1) is 7.83. The average molecular weight is 224 g/mol. The van der Waals surface area contributed by atoms with Crippen LogP contribution in [0, 0.1) is 0 Å². The number of methoxy groups -OCH3 is 1. The Hall–Kier alpha value is -1.25. The topological polar surface area (TPSA) is 39.4 Å². The molecule has 0 fully saturated rings. The molecular weight excluding hydrogens is 204 g/mol. The van der Waals surface area contributed by atoms with Gasteiger partial charge >= 0.3 is 5.97 Å². The molecule has 0 amide bonds. The van der Waals surface area contributed by atoms with Crippen LogP contribution in [0.2, 0.25) is 0 Å². The SMILES string of the molecule is COC(=O)CCCCCCCc1ccco1. The highest BCUT2D eigenvalue weighted by atomic mass is 16.5. The molecule has 0 radical (unpaired) electrons. The third-order valence-corrected chi connectivity index (χ3v) is 2.61. The standard InChI is InChI=1S/C13H20O3/c1-15-13(14)10-6-4-2-3-5-8-12-9-7-11-16-12/h7,9,11H,2-6,8,10H2,1H3. The van der Waals surface area contributed by atoms with Gasteiger partial charge in [0.15, 0.2) is 0 Å². The van der Waals surface area contributed by atoms with Gasteiger partial charge in [-0.1, -0.05) is 19.3 Å². The molecule has 0 aliphatic carbocycles. The van der Waals surface area contributed by atoms with E-state index in [0.717, 1.165) is 31.4 Å². The Morgan fingerprint density at radius 3 is 2.69 bits per heavy atom. The minimum Gasteiger partial charge on any atom is -0.469 e. The van der Waals surface area contributed by atoms with Crippen LogP contribution < -0.4 is 0 Å². The molecule has 0 N–H and O–H groups in total. The second-order valence-electron chi connectivity index (χ2n) is 3.92. The predicted molar refractivity (Wildman–Crippen MR) is 62.1 cm³/mol. The largest absolute Gasteiger partial charge is 0.469 e. The summed E-state index contributed by atoms with van der Waals surface area (Å²) in [6.07, 6.45) is 8.86. The van der Waals surface area contributed by atoms with Crippen LogP contribution in [-0.4, -0.2) is 13.1 Å². The van der Waals surface area contributed by atoms with Gasteiger partial charge in [0.05, 0.1) is 13.4 Å². The van der Waals surface area contributed by atoms with Crippen molar-refractivity contribution < 1.29 is 13.9 Å². The summed E-state index contributed by atoms with van der Waals surface area (Å²) in [5.41, 5.74) is 0. The van der Waals surface area contributed by atoms with Crippen molar-refractivity contribution >= 4 is 5.97 Å². The smallest absolute Gasteiger partial charge is 0.305 e. The summed E-state index contributed by atoms with van der Waals surface area (Å²) in [6.45, 7) is 0. The molecule has 90 valence electrons. The lowest BCUT2D eigenvalue weighted by Crippen LogP contribution is -1.99. The maximum absolute atomic E-state index is 10.8. The number of carbonyl (C=O) groups excluding carboxylic acids is 1. The highest BCUT2D eigenvalue weighted by molar-refractivity contribution is 5.68. The summed E-state index contributed by atoms with van der Waals surface area (Å²) in [5, 5.41) is 0. The molecule has 1 aromatic rings. The summed E-state index contributed by atoms with van der Waals surface area (Å²) in [7, 11) is 1.44. The van der Waals surface area contributed by atoms with E-state index in [1.54, 1.807) is 6.26 Å². The Morgan fingerprint density at radius 2 is 2.00 bits per heavy atom. The summed E-state index contributed by atoms with van der Waals surface area (Å²) in [4.78, 5) is 10.8. The van der Waals surface area contributed by atoms with Gasteiger partial charge in [0, 0.05) is 12.8 Å². The van der Waals surface area contributed by atoms with Crippen LogP contribution in [-0.2, 0) is 16.0 Å². The van der Waals surface area contributed by atoms with Crippen molar-refractivity contribution in [3.63, 3.8) is 0 Å². The van der Waals surface area contributed by atoms with Crippen LogP contribution in [0.1, 0.15) is 44.3 Å². The summed E-state index contributed by atoms with van der Waals surface area (Å²) >= 11 is 0. The fourth-order valence-electron chi connectivity index (χ4n) is 1.66. The molecule has 0 aliphatic heterocycles. The summed E-state index contributed by atoms with van der Waals surface area (Å²) < 4.78 is 9.82. The number of ether oxygens (including phenoxy) is 1. The third-order valence-electron chi connectivity index (χ3n) is 2.61. The molecule has 0 aromatic carbocycles. The van der Waals surface area contributed by atoms with E-state index in [1.165, 1.54) is 20.0 Å². The molecule has 1 aromatic heterocycles. The number of unbranched alkanes of at least 4 members (excludes halogenated alkanes) is 4. The minimum atomic E-state index is -0.101. The Morgan fingerprint density at radius 1 is 1.25 bits per heavy atom. The van der Waals surface area contributed by atoms with Gasteiger partial charge in [-0.2, -0.15) is 0 Å². The normalized spacial score (nSPS) is 10.3. The Labute approximate surface area is 96.8 Å². The van der Waals surface area contributed by atoms with Crippen molar-refractivity contribution in [1.29, 1.82) is 0 Å². The highest BCUT2D eigenvalue weighted by Crippen LogP contribution is 2.10. The van der Waals surface area contributed by atoms with Crippen molar-refractivity contribution in [2.45, 2.75) is 44.9 Å². The van der Waals surface area contributed by atoms with Crippen LogP contribution in [0.15, 0.2) is 22.8 Å². The van der Waals surface area contributed by atoms with E-state index < -0.39 is 0 Å². The first kappa shape index (κ1) is 12.8. The lowest BCUT2D eigenvalue weighted by Gasteiger charge is -2.00. The van der Waals surface area contributed by atoms with E-state index in [-0.39, 0.29) is 5.97 Å².